The number of hydrogen-bond acceptors (Lipinski definition) is 5. The Balaban J connectivity index is 1.82. The van der Waals surface area contributed by atoms with Crippen LogP contribution in [0.1, 0.15) is 29.7 Å². The minimum Gasteiger partial charge on any atom is -0.333 e. The second-order valence-corrected chi connectivity index (χ2v) is 6.08. The Morgan fingerprint density at radius 2 is 2.30 bits per heavy atom. The van der Waals surface area contributed by atoms with E-state index < -0.39 is 0 Å². The topological polar surface area (TPSA) is 41.1 Å². The van der Waals surface area contributed by atoms with Crippen molar-refractivity contribution in [3.05, 3.63) is 39.8 Å². The molecule has 2 aromatic heterocycles. The number of aromatic nitrogens is 2. The third kappa shape index (κ3) is 2.99. The zero-order valence-electron chi connectivity index (χ0n) is 12.0. The predicted molar refractivity (Wildman–Crippen MR) is 83.1 cm³/mol. The van der Waals surface area contributed by atoms with E-state index in [1.807, 2.05) is 13.2 Å². The van der Waals surface area contributed by atoms with Gasteiger partial charge in [0.1, 0.15) is 0 Å². The molecule has 1 aliphatic carbocycles. The molecule has 0 spiro atoms. The van der Waals surface area contributed by atoms with Crippen molar-refractivity contribution in [1.29, 1.82) is 0 Å². The van der Waals surface area contributed by atoms with Gasteiger partial charge in [0.15, 0.2) is 0 Å². The summed E-state index contributed by atoms with van der Waals surface area (Å²) in [6, 6.07) is 2.80. The highest BCUT2D eigenvalue weighted by atomic mass is 32.1. The van der Waals surface area contributed by atoms with Crippen LogP contribution in [0.2, 0.25) is 0 Å². The summed E-state index contributed by atoms with van der Waals surface area (Å²) in [5.74, 6) is 0.871. The van der Waals surface area contributed by atoms with E-state index in [1.54, 1.807) is 11.3 Å². The third-order valence-corrected chi connectivity index (χ3v) is 4.35. The first-order valence-electron chi connectivity index (χ1n) is 7.02. The number of hydrogen-bond donors (Lipinski definition) is 1. The van der Waals surface area contributed by atoms with E-state index in [2.05, 4.69) is 39.0 Å². The highest BCUT2D eigenvalue weighted by molar-refractivity contribution is 7.07. The Bertz CT molecular complexity index is 563. The van der Waals surface area contributed by atoms with Crippen LogP contribution in [0.25, 0.3) is 0 Å². The van der Waals surface area contributed by atoms with Crippen LogP contribution in [-0.4, -0.2) is 23.1 Å². The number of nitrogens with one attached hydrogen (secondary N) is 1. The second kappa shape index (κ2) is 5.89. The molecule has 1 aliphatic rings. The van der Waals surface area contributed by atoms with E-state index in [0.717, 1.165) is 24.7 Å². The van der Waals surface area contributed by atoms with Crippen molar-refractivity contribution in [2.45, 2.75) is 38.9 Å². The summed E-state index contributed by atoms with van der Waals surface area (Å²) >= 11 is 1.75. The van der Waals surface area contributed by atoms with Crippen LogP contribution >= 0.6 is 11.3 Å². The molecule has 106 valence electrons. The van der Waals surface area contributed by atoms with Crippen molar-refractivity contribution < 1.29 is 0 Å². The van der Waals surface area contributed by atoms with E-state index in [-0.39, 0.29) is 0 Å². The molecule has 0 aromatic carbocycles. The Morgan fingerprint density at radius 1 is 1.45 bits per heavy atom. The highest BCUT2D eigenvalue weighted by Gasteiger charge is 2.31. The summed E-state index contributed by atoms with van der Waals surface area (Å²) in [4.78, 5) is 11.6. The molecule has 1 saturated carbocycles. The van der Waals surface area contributed by atoms with Gasteiger partial charge in [0.2, 0.25) is 5.95 Å². The van der Waals surface area contributed by atoms with Gasteiger partial charge < -0.3 is 10.2 Å². The summed E-state index contributed by atoms with van der Waals surface area (Å²) in [6.45, 7) is 3.80. The quantitative estimate of drug-likeness (QED) is 0.887. The first-order chi connectivity index (χ1) is 9.78. The first kappa shape index (κ1) is 13.5. The molecule has 0 amide bonds. The number of anilines is 1. The second-order valence-electron chi connectivity index (χ2n) is 5.30. The van der Waals surface area contributed by atoms with Crippen molar-refractivity contribution >= 4 is 17.3 Å². The molecule has 0 aliphatic heterocycles. The van der Waals surface area contributed by atoms with Crippen LogP contribution in [0.15, 0.2) is 23.0 Å². The summed E-state index contributed by atoms with van der Waals surface area (Å²) in [6.07, 6.45) is 4.47. The molecule has 0 atom stereocenters. The fraction of sp³-hybridized carbons (Fsp3) is 0.467. The van der Waals surface area contributed by atoms with Gasteiger partial charge in [0.25, 0.3) is 0 Å². The maximum atomic E-state index is 4.71. The Hall–Kier alpha value is -1.46. The average Bonchev–Trinajstić information content (AvgIpc) is 3.15. The fourth-order valence-corrected chi connectivity index (χ4v) is 2.97. The van der Waals surface area contributed by atoms with E-state index in [0.29, 0.717) is 6.04 Å². The van der Waals surface area contributed by atoms with Crippen LogP contribution in [0.3, 0.4) is 0 Å². The summed E-state index contributed by atoms with van der Waals surface area (Å²) in [5, 5.41) is 7.49. The molecule has 1 N–H and O–H groups in total. The fourth-order valence-electron chi connectivity index (χ4n) is 2.31. The molecular formula is C15H20N4S. The molecule has 0 saturated heterocycles. The lowest BCUT2D eigenvalue weighted by molar-refractivity contribution is 0.743. The summed E-state index contributed by atoms with van der Waals surface area (Å²) < 4.78 is 0. The zero-order valence-corrected chi connectivity index (χ0v) is 12.8. The Labute approximate surface area is 123 Å². The minimum absolute atomic E-state index is 0.615. The minimum atomic E-state index is 0.615. The van der Waals surface area contributed by atoms with Crippen molar-refractivity contribution in [3.63, 3.8) is 0 Å². The van der Waals surface area contributed by atoms with Crippen LogP contribution in [0, 0.1) is 6.92 Å². The molecule has 2 aromatic rings. The lowest BCUT2D eigenvalue weighted by Crippen LogP contribution is -2.27. The molecule has 3 rings (SSSR count). The van der Waals surface area contributed by atoms with Gasteiger partial charge in [0, 0.05) is 36.6 Å². The highest BCUT2D eigenvalue weighted by Crippen LogP contribution is 2.31. The summed E-state index contributed by atoms with van der Waals surface area (Å²) in [5.41, 5.74) is 3.59. The van der Waals surface area contributed by atoms with Crippen LogP contribution < -0.4 is 10.2 Å². The molecule has 5 heteroatoms. The first-order valence-corrected chi connectivity index (χ1v) is 7.97. The van der Waals surface area contributed by atoms with Gasteiger partial charge in [-0.2, -0.15) is 11.3 Å². The molecule has 0 unspecified atom stereocenters. The zero-order chi connectivity index (χ0) is 13.9. The number of nitrogens with zero attached hydrogens (tertiary/aromatic N) is 3. The SMILES string of the molecule is CNCc1cnc(N(Cc2ccsc2)C2CC2)nc1C. The normalized spacial score (nSPS) is 14.5. The van der Waals surface area contributed by atoms with Crippen molar-refractivity contribution in [2.75, 3.05) is 11.9 Å². The third-order valence-electron chi connectivity index (χ3n) is 3.61. The smallest absolute Gasteiger partial charge is 0.226 e. The maximum Gasteiger partial charge on any atom is 0.226 e. The maximum absolute atomic E-state index is 4.71. The van der Waals surface area contributed by atoms with Gasteiger partial charge in [-0.1, -0.05) is 0 Å². The Kier molecular flexibility index (Phi) is 3.98. The Morgan fingerprint density at radius 3 is 2.90 bits per heavy atom. The number of aryl methyl sites for hydroxylation is 1. The van der Waals surface area contributed by atoms with Gasteiger partial charge in [-0.25, -0.2) is 9.97 Å². The number of thiophene rings is 1. The molecule has 2 heterocycles. The van der Waals surface area contributed by atoms with Crippen LogP contribution in [0.5, 0.6) is 0 Å². The summed E-state index contributed by atoms with van der Waals surface area (Å²) in [7, 11) is 1.94. The lowest BCUT2D eigenvalue weighted by Gasteiger charge is -2.22. The van der Waals surface area contributed by atoms with E-state index in [1.165, 1.54) is 24.0 Å². The van der Waals surface area contributed by atoms with Crippen molar-refractivity contribution in [2.24, 2.45) is 0 Å². The van der Waals surface area contributed by atoms with Gasteiger partial charge in [-0.15, -0.1) is 0 Å². The van der Waals surface area contributed by atoms with E-state index in [9.17, 15) is 0 Å². The van der Waals surface area contributed by atoms with E-state index in [4.69, 9.17) is 4.98 Å². The van der Waals surface area contributed by atoms with Crippen LogP contribution in [0.4, 0.5) is 5.95 Å². The average molecular weight is 288 g/mol. The molecule has 4 nitrogen and oxygen atoms in total. The number of rotatable bonds is 6. The van der Waals surface area contributed by atoms with Gasteiger partial charge >= 0.3 is 0 Å². The van der Waals surface area contributed by atoms with Gasteiger partial charge in [-0.05, 0) is 49.2 Å². The van der Waals surface area contributed by atoms with E-state index >= 15 is 0 Å². The molecule has 0 bridgehead atoms. The molecule has 20 heavy (non-hydrogen) atoms. The lowest BCUT2D eigenvalue weighted by atomic mass is 10.2. The van der Waals surface area contributed by atoms with Crippen molar-refractivity contribution in [1.82, 2.24) is 15.3 Å². The monoisotopic (exact) mass is 288 g/mol. The van der Waals surface area contributed by atoms with Gasteiger partial charge in [0.05, 0.1) is 0 Å². The molecular weight excluding hydrogens is 268 g/mol. The standard InChI is InChI=1S/C15H20N4S/c1-11-13(7-16-2)8-17-15(18-11)19(14-3-4-14)9-12-5-6-20-10-12/h5-6,8,10,14,16H,3-4,7,9H2,1-2H3. The predicted octanol–water partition coefficient (Wildman–Crippen LogP) is 2.73. The van der Waals surface area contributed by atoms with Gasteiger partial charge in [-0.3, -0.25) is 0 Å². The van der Waals surface area contributed by atoms with Crippen LogP contribution in [-0.2, 0) is 13.1 Å². The van der Waals surface area contributed by atoms with Crippen molar-refractivity contribution in [3.8, 4) is 0 Å². The molecule has 1 fully saturated rings. The largest absolute Gasteiger partial charge is 0.333 e. The molecule has 0 radical (unpaired) electrons.